The number of aliphatic hydroxyl groups is 1. The van der Waals surface area contributed by atoms with Crippen LogP contribution in [0.4, 0.5) is 4.39 Å². The molecule has 0 bridgehead atoms. The molecule has 0 spiro atoms. The number of thiazole rings is 1. The van der Waals surface area contributed by atoms with E-state index in [1.807, 2.05) is 85.7 Å². The molecule has 1 heterocycles. The van der Waals surface area contributed by atoms with Crippen molar-refractivity contribution < 1.29 is 27.5 Å². The number of sulfonamides is 1. The van der Waals surface area contributed by atoms with Gasteiger partial charge in [-0.3, -0.25) is 14.9 Å². The molecule has 10 nitrogen and oxygen atoms in total. The summed E-state index contributed by atoms with van der Waals surface area (Å²) in [5.74, 6) is -1.40. The summed E-state index contributed by atoms with van der Waals surface area (Å²) >= 11 is 1.41. The van der Waals surface area contributed by atoms with Crippen LogP contribution in [0, 0.1) is 24.1 Å². The maximum Gasteiger partial charge on any atom is 0.243 e. The van der Waals surface area contributed by atoms with E-state index in [0.29, 0.717) is 11.1 Å². The number of benzene rings is 3. The van der Waals surface area contributed by atoms with E-state index in [2.05, 4.69) is 20.9 Å². The predicted molar refractivity (Wildman–Crippen MR) is 205 cm³/mol. The molecule has 0 aliphatic carbocycles. The highest BCUT2D eigenvalue weighted by Gasteiger charge is 2.37. The number of carbonyl (C=O) groups excluding carboxylic acids is 2. The summed E-state index contributed by atoms with van der Waals surface area (Å²) in [5.41, 5.74) is 0.735. The molecule has 3 atom stereocenters. The summed E-state index contributed by atoms with van der Waals surface area (Å²) in [6.45, 7) is 14.5. The molecule has 0 aliphatic heterocycles. The quantitative estimate of drug-likeness (QED) is 0.118. The lowest BCUT2D eigenvalue weighted by Gasteiger charge is -2.35. The number of rotatable bonds is 16. The van der Waals surface area contributed by atoms with Gasteiger partial charge in [0, 0.05) is 18.6 Å². The zero-order chi connectivity index (χ0) is 38.4. The largest absolute Gasteiger partial charge is 0.390 e. The van der Waals surface area contributed by atoms with Crippen molar-refractivity contribution in [2.75, 3.05) is 19.6 Å². The fourth-order valence-corrected chi connectivity index (χ4v) is 8.52. The minimum atomic E-state index is -4.05. The van der Waals surface area contributed by atoms with Gasteiger partial charge >= 0.3 is 0 Å². The number of amides is 2. The molecule has 0 saturated carbocycles. The van der Waals surface area contributed by atoms with Crippen molar-refractivity contribution in [3.05, 3.63) is 94.7 Å². The highest BCUT2D eigenvalue weighted by molar-refractivity contribution is 7.89. The van der Waals surface area contributed by atoms with Crippen LogP contribution in [0.2, 0.25) is 0 Å². The van der Waals surface area contributed by atoms with Crippen LogP contribution in [0.3, 0.4) is 0 Å². The van der Waals surface area contributed by atoms with E-state index in [9.17, 15) is 27.5 Å². The summed E-state index contributed by atoms with van der Waals surface area (Å²) < 4.78 is 44.1. The van der Waals surface area contributed by atoms with E-state index in [0.717, 1.165) is 15.3 Å². The number of nitrogens with one attached hydrogen (secondary N) is 3. The van der Waals surface area contributed by atoms with Crippen molar-refractivity contribution in [2.24, 2.45) is 11.3 Å². The first kappa shape index (κ1) is 41.0. The fraction of sp³-hybridized carbons (Fsp3) is 0.462. The Labute approximate surface area is 311 Å². The third-order valence-corrected chi connectivity index (χ3v) is 11.6. The highest BCUT2D eigenvalue weighted by Crippen LogP contribution is 2.28. The normalized spacial score (nSPS) is 14.4. The molecule has 4 rings (SSSR count). The SMILES string of the molecule is Cc1nc2ccc(S(=O)(=O)N(CC(C)C)C[C@@H](O)[C@H](Cc3ccccc3)NC(=O)[C@@H](NC(=O)CNC(C)(C)c3cccc(F)c3)C(C)(C)C)cc2s1. The van der Waals surface area contributed by atoms with Crippen LogP contribution in [0.25, 0.3) is 10.2 Å². The van der Waals surface area contributed by atoms with Gasteiger partial charge in [0.2, 0.25) is 21.8 Å². The van der Waals surface area contributed by atoms with Crippen molar-refractivity contribution in [3.8, 4) is 0 Å². The van der Waals surface area contributed by atoms with E-state index in [1.54, 1.807) is 24.3 Å². The average molecular weight is 754 g/mol. The molecule has 13 heteroatoms. The number of aliphatic hydroxyl groups excluding tert-OH is 1. The molecule has 52 heavy (non-hydrogen) atoms. The molecular weight excluding hydrogens is 702 g/mol. The van der Waals surface area contributed by atoms with Crippen LogP contribution in [-0.4, -0.2) is 72.4 Å². The van der Waals surface area contributed by atoms with Gasteiger partial charge in [-0.2, -0.15) is 4.31 Å². The molecule has 282 valence electrons. The van der Waals surface area contributed by atoms with Gasteiger partial charge in [0.15, 0.2) is 0 Å². The Bertz CT molecular complexity index is 1940. The number of aryl methyl sites for hydroxylation is 1. The number of aromatic nitrogens is 1. The van der Waals surface area contributed by atoms with Crippen molar-refractivity contribution in [3.63, 3.8) is 0 Å². The van der Waals surface area contributed by atoms with Gasteiger partial charge in [-0.25, -0.2) is 17.8 Å². The Balaban J connectivity index is 1.56. The topological polar surface area (TPSA) is 141 Å². The second-order valence-corrected chi connectivity index (χ2v) is 18.5. The Kier molecular flexibility index (Phi) is 13.4. The number of fused-ring (bicyclic) bond motifs is 1. The third kappa shape index (κ3) is 10.9. The van der Waals surface area contributed by atoms with Crippen molar-refractivity contribution in [1.29, 1.82) is 0 Å². The van der Waals surface area contributed by atoms with E-state index < -0.39 is 51.0 Å². The Morgan fingerprint density at radius 1 is 0.942 bits per heavy atom. The molecule has 0 saturated heterocycles. The second kappa shape index (κ2) is 16.9. The number of hydrogen-bond acceptors (Lipinski definition) is 8. The van der Waals surface area contributed by atoms with Crippen LogP contribution in [0.1, 0.15) is 64.6 Å². The smallest absolute Gasteiger partial charge is 0.243 e. The molecule has 4 aromatic rings. The molecule has 3 aromatic carbocycles. The van der Waals surface area contributed by atoms with Crippen molar-refractivity contribution in [1.82, 2.24) is 25.2 Å². The minimum Gasteiger partial charge on any atom is -0.390 e. The van der Waals surface area contributed by atoms with Gasteiger partial charge in [0.25, 0.3) is 0 Å². The summed E-state index contributed by atoms with van der Waals surface area (Å²) in [6.07, 6.45) is -1.10. The molecule has 2 amide bonds. The lowest BCUT2D eigenvalue weighted by atomic mass is 9.85. The second-order valence-electron chi connectivity index (χ2n) is 15.3. The van der Waals surface area contributed by atoms with Gasteiger partial charge in [-0.15, -0.1) is 11.3 Å². The van der Waals surface area contributed by atoms with Crippen LogP contribution >= 0.6 is 11.3 Å². The monoisotopic (exact) mass is 753 g/mol. The first-order chi connectivity index (χ1) is 24.3. The third-order valence-electron chi connectivity index (χ3n) is 8.83. The van der Waals surface area contributed by atoms with Gasteiger partial charge in [-0.1, -0.05) is 77.1 Å². The maximum atomic E-state index is 14.1. The number of hydrogen-bond donors (Lipinski definition) is 4. The van der Waals surface area contributed by atoms with Gasteiger partial charge in [0.05, 0.1) is 38.8 Å². The molecule has 0 unspecified atom stereocenters. The summed E-state index contributed by atoms with van der Waals surface area (Å²) in [5, 5.41) is 21.6. The first-order valence-electron chi connectivity index (χ1n) is 17.5. The maximum absolute atomic E-state index is 14.1. The van der Waals surface area contributed by atoms with Gasteiger partial charge < -0.3 is 15.7 Å². The van der Waals surface area contributed by atoms with Crippen LogP contribution in [0.5, 0.6) is 0 Å². The van der Waals surface area contributed by atoms with Gasteiger partial charge in [-0.05, 0) is 80.0 Å². The van der Waals surface area contributed by atoms with Crippen LogP contribution in [0.15, 0.2) is 77.7 Å². The molecule has 0 radical (unpaired) electrons. The highest BCUT2D eigenvalue weighted by atomic mass is 32.2. The Morgan fingerprint density at radius 3 is 2.27 bits per heavy atom. The standard InChI is InChI=1S/C39H52FN5O5S2/c1-25(2)23-45(52(49,50)30-17-18-31-34(21-30)51-26(3)42-31)24-33(46)32(19-27-13-10-9-11-14-27)43-37(48)36(38(4,5)6)44-35(47)22-41-39(7,8)28-15-12-16-29(40)20-28/h9-18,20-21,25,32-33,36,41,46H,19,22-24H2,1-8H3,(H,43,48)(H,44,47)/t32-,33+,36+/m0/s1. The van der Waals surface area contributed by atoms with Crippen molar-refractivity contribution >= 4 is 43.4 Å². The zero-order valence-electron chi connectivity index (χ0n) is 31.2. The lowest BCUT2D eigenvalue weighted by molar-refractivity contribution is -0.132. The number of carbonyl (C=O) groups is 2. The predicted octanol–water partition coefficient (Wildman–Crippen LogP) is 5.53. The Hall–Kier alpha value is -3.75. The Morgan fingerprint density at radius 2 is 1.63 bits per heavy atom. The molecule has 1 aromatic heterocycles. The summed E-state index contributed by atoms with van der Waals surface area (Å²) in [7, 11) is -4.05. The number of nitrogens with zero attached hydrogens (tertiary/aromatic N) is 2. The molecular formula is C39H52FN5O5S2. The fourth-order valence-electron chi connectivity index (χ4n) is 5.93. The first-order valence-corrected chi connectivity index (χ1v) is 19.7. The summed E-state index contributed by atoms with van der Waals surface area (Å²) in [4.78, 5) is 31.9. The average Bonchev–Trinajstić information content (AvgIpc) is 3.44. The summed E-state index contributed by atoms with van der Waals surface area (Å²) in [6, 6.07) is 18.4. The van der Waals surface area contributed by atoms with E-state index in [-0.39, 0.29) is 42.7 Å². The minimum absolute atomic E-state index is 0.0569. The molecule has 0 aliphatic rings. The van der Waals surface area contributed by atoms with E-state index in [1.165, 1.54) is 33.8 Å². The zero-order valence-corrected chi connectivity index (χ0v) is 32.9. The van der Waals surface area contributed by atoms with Crippen molar-refractivity contribution in [2.45, 2.75) is 90.4 Å². The van der Waals surface area contributed by atoms with E-state index >= 15 is 0 Å². The van der Waals surface area contributed by atoms with Crippen LogP contribution in [-0.2, 0) is 31.6 Å². The molecule has 4 N–H and O–H groups in total. The van der Waals surface area contributed by atoms with Crippen LogP contribution < -0.4 is 16.0 Å². The molecule has 0 fully saturated rings. The number of halogens is 1. The van der Waals surface area contributed by atoms with E-state index in [4.69, 9.17) is 0 Å². The van der Waals surface area contributed by atoms with Gasteiger partial charge in [0.1, 0.15) is 11.9 Å². The lowest BCUT2D eigenvalue weighted by Crippen LogP contribution is -2.59.